The van der Waals surface area contributed by atoms with Crippen LogP contribution in [0, 0.1) is 5.92 Å². The molecule has 28 heavy (non-hydrogen) atoms. The fourth-order valence-corrected chi connectivity index (χ4v) is 4.56. The molecule has 1 amide bonds. The van der Waals surface area contributed by atoms with Crippen LogP contribution in [0.1, 0.15) is 45.1 Å². The quantitative estimate of drug-likeness (QED) is 0.751. The first-order valence-electron chi connectivity index (χ1n) is 10.1. The molecule has 1 fully saturated rings. The molecule has 0 bridgehead atoms. The number of nitrogens with zero attached hydrogens (tertiary/aromatic N) is 2. The van der Waals surface area contributed by atoms with Crippen LogP contribution in [-0.2, 0) is 10.3 Å². The van der Waals surface area contributed by atoms with Crippen molar-refractivity contribution >= 4 is 23.5 Å². The highest BCUT2D eigenvalue weighted by molar-refractivity contribution is 6.30. The summed E-state index contributed by atoms with van der Waals surface area (Å²) >= 11 is 6.18. The van der Waals surface area contributed by atoms with Gasteiger partial charge in [0.05, 0.1) is 0 Å². The molecule has 1 aliphatic heterocycles. The lowest BCUT2D eigenvalue weighted by Gasteiger charge is -2.30. The van der Waals surface area contributed by atoms with Crippen LogP contribution >= 0.6 is 11.6 Å². The summed E-state index contributed by atoms with van der Waals surface area (Å²) in [6.07, 6.45) is 3.73. The van der Waals surface area contributed by atoms with Crippen LogP contribution in [0.25, 0.3) is 11.1 Å². The second-order valence-corrected chi connectivity index (χ2v) is 8.18. The summed E-state index contributed by atoms with van der Waals surface area (Å²) in [5.41, 5.74) is 8.40. The topological polar surface area (TPSA) is 58.7 Å². The maximum Gasteiger partial charge on any atom is 0.262 e. The zero-order valence-corrected chi connectivity index (χ0v) is 17.1. The zero-order valence-electron chi connectivity index (χ0n) is 16.4. The maximum absolute atomic E-state index is 13.7. The summed E-state index contributed by atoms with van der Waals surface area (Å²) in [4.78, 5) is 20.3. The van der Waals surface area contributed by atoms with E-state index in [1.807, 2.05) is 42.5 Å². The first-order valence-corrected chi connectivity index (χ1v) is 10.4. The number of nitrogens with two attached hydrogens (primary N) is 1. The third-order valence-corrected chi connectivity index (χ3v) is 6.25. The third-order valence-electron chi connectivity index (χ3n) is 6.02. The predicted molar refractivity (Wildman–Crippen MR) is 114 cm³/mol. The number of rotatable bonds is 6. The number of hydrogen-bond donors (Lipinski definition) is 1. The van der Waals surface area contributed by atoms with Gasteiger partial charge in [0.2, 0.25) is 0 Å². The molecule has 1 heterocycles. The third kappa shape index (κ3) is 3.00. The Balaban J connectivity index is 1.80. The van der Waals surface area contributed by atoms with Gasteiger partial charge in [-0.3, -0.25) is 9.69 Å². The lowest BCUT2D eigenvalue weighted by atomic mass is 9.83. The Morgan fingerprint density at radius 2 is 1.79 bits per heavy atom. The monoisotopic (exact) mass is 395 g/mol. The summed E-state index contributed by atoms with van der Waals surface area (Å²) < 4.78 is 0. The van der Waals surface area contributed by atoms with Gasteiger partial charge in [0.25, 0.3) is 5.91 Å². The Hall–Kier alpha value is -2.33. The van der Waals surface area contributed by atoms with Crippen molar-refractivity contribution in [3.63, 3.8) is 0 Å². The van der Waals surface area contributed by atoms with Gasteiger partial charge in [-0.1, -0.05) is 55.8 Å². The number of hydrogen-bond acceptors (Lipinski definition) is 3. The number of aliphatic imine (C=N–C) groups is 1. The van der Waals surface area contributed by atoms with E-state index in [-0.39, 0.29) is 17.9 Å². The zero-order chi connectivity index (χ0) is 19.9. The van der Waals surface area contributed by atoms with Gasteiger partial charge in [-0.25, -0.2) is 4.99 Å². The summed E-state index contributed by atoms with van der Waals surface area (Å²) in [6, 6.07) is 16.0. The number of carbonyl (C=O) groups excluding carboxylic acids is 1. The molecular weight excluding hydrogens is 370 g/mol. The second-order valence-electron chi connectivity index (χ2n) is 7.75. The molecule has 2 N–H and O–H groups in total. The Labute approximate surface area is 171 Å². The minimum Gasteiger partial charge on any atom is -0.369 e. The molecule has 4 nitrogen and oxygen atoms in total. The number of carbonyl (C=O) groups is 1. The standard InChI is InChI=1S/C23H26ClN3O/c1-3-20(4-2)27-21(28)23(17-11-12-17,26-22(27)25)18-9-5-7-15(13-18)16-8-6-10-19(24)14-16/h5-10,13-14,17,20H,3-4,11-12H2,1-2H3,(H2,25,26). The Bertz CT molecular complexity index is 933. The van der Waals surface area contributed by atoms with Gasteiger partial charge in [0.15, 0.2) is 11.5 Å². The van der Waals surface area contributed by atoms with E-state index in [4.69, 9.17) is 22.3 Å². The van der Waals surface area contributed by atoms with Crippen LogP contribution in [-0.4, -0.2) is 22.8 Å². The van der Waals surface area contributed by atoms with E-state index >= 15 is 0 Å². The number of amides is 1. The molecule has 1 atom stereocenters. The van der Waals surface area contributed by atoms with Crippen molar-refractivity contribution in [1.82, 2.24) is 4.90 Å². The Morgan fingerprint density at radius 3 is 2.39 bits per heavy atom. The largest absolute Gasteiger partial charge is 0.369 e. The predicted octanol–water partition coefficient (Wildman–Crippen LogP) is 4.96. The summed E-state index contributed by atoms with van der Waals surface area (Å²) in [7, 11) is 0. The minimum atomic E-state index is -0.888. The molecule has 0 saturated heterocycles. The molecule has 0 spiro atoms. The van der Waals surface area contributed by atoms with Crippen molar-refractivity contribution < 1.29 is 4.79 Å². The molecule has 0 radical (unpaired) electrons. The van der Waals surface area contributed by atoms with E-state index in [1.165, 1.54) is 0 Å². The number of halogens is 1. The van der Waals surface area contributed by atoms with E-state index in [0.29, 0.717) is 11.0 Å². The van der Waals surface area contributed by atoms with Crippen LogP contribution < -0.4 is 5.73 Å². The smallest absolute Gasteiger partial charge is 0.262 e. The Morgan fingerprint density at radius 1 is 1.14 bits per heavy atom. The second kappa shape index (κ2) is 7.25. The fourth-order valence-electron chi connectivity index (χ4n) is 4.37. The van der Waals surface area contributed by atoms with Gasteiger partial charge in [-0.15, -0.1) is 0 Å². The van der Waals surface area contributed by atoms with Crippen LogP contribution in [0.15, 0.2) is 53.5 Å². The number of benzene rings is 2. The molecule has 1 saturated carbocycles. The van der Waals surface area contributed by atoms with Gasteiger partial charge in [0, 0.05) is 11.1 Å². The van der Waals surface area contributed by atoms with Crippen LogP contribution in [0.5, 0.6) is 0 Å². The lowest BCUT2D eigenvalue weighted by molar-refractivity contribution is -0.134. The van der Waals surface area contributed by atoms with Crippen LogP contribution in [0.4, 0.5) is 0 Å². The van der Waals surface area contributed by atoms with Crippen LogP contribution in [0.3, 0.4) is 0 Å². The van der Waals surface area contributed by atoms with E-state index in [1.54, 1.807) is 4.90 Å². The summed E-state index contributed by atoms with van der Waals surface area (Å²) in [6.45, 7) is 4.18. The minimum absolute atomic E-state index is 0.0319. The van der Waals surface area contributed by atoms with E-state index < -0.39 is 5.54 Å². The SMILES string of the molecule is CCC(CC)N1C(=O)C(c2cccc(-c3cccc(Cl)c3)c2)(C2CC2)N=C1N. The van der Waals surface area contributed by atoms with Gasteiger partial charge in [0.1, 0.15) is 0 Å². The molecular formula is C23H26ClN3O. The van der Waals surface area contributed by atoms with Crippen molar-refractivity contribution in [2.24, 2.45) is 16.6 Å². The van der Waals surface area contributed by atoms with E-state index in [0.717, 1.165) is 42.4 Å². The lowest BCUT2D eigenvalue weighted by Crippen LogP contribution is -2.49. The highest BCUT2D eigenvalue weighted by atomic mass is 35.5. The van der Waals surface area contributed by atoms with Crippen molar-refractivity contribution in [1.29, 1.82) is 0 Å². The first kappa shape index (κ1) is 19.0. The molecule has 2 aromatic rings. The molecule has 0 aromatic heterocycles. The molecule has 5 heteroatoms. The molecule has 1 unspecified atom stereocenters. The van der Waals surface area contributed by atoms with Gasteiger partial charge in [-0.2, -0.15) is 0 Å². The molecule has 146 valence electrons. The normalized spacial score (nSPS) is 22.1. The van der Waals surface area contributed by atoms with E-state index in [2.05, 4.69) is 19.9 Å². The average Bonchev–Trinajstić information content (AvgIpc) is 3.51. The van der Waals surface area contributed by atoms with Crippen molar-refractivity contribution in [2.45, 2.75) is 51.1 Å². The fraction of sp³-hybridized carbons (Fsp3) is 0.391. The molecule has 1 aliphatic carbocycles. The summed E-state index contributed by atoms with van der Waals surface area (Å²) in [5.74, 6) is 0.607. The van der Waals surface area contributed by atoms with Gasteiger partial charge < -0.3 is 5.73 Å². The van der Waals surface area contributed by atoms with Gasteiger partial charge in [-0.05, 0) is 66.5 Å². The van der Waals surface area contributed by atoms with E-state index in [9.17, 15) is 4.79 Å². The molecule has 2 aromatic carbocycles. The highest BCUT2D eigenvalue weighted by Crippen LogP contribution is 2.52. The van der Waals surface area contributed by atoms with Crippen LogP contribution in [0.2, 0.25) is 5.02 Å². The highest BCUT2D eigenvalue weighted by Gasteiger charge is 2.58. The maximum atomic E-state index is 13.7. The van der Waals surface area contributed by atoms with Crippen molar-refractivity contribution in [2.75, 3.05) is 0 Å². The van der Waals surface area contributed by atoms with Crippen molar-refractivity contribution in [3.8, 4) is 11.1 Å². The molecule has 4 rings (SSSR count). The average molecular weight is 396 g/mol. The summed E-state index contributed by atoms with van der Waals surface area (Å²) in [5, 5.41) is 0.693. The molecule has 2 aliphatic rings. The number of guanidine groups is 1. The van der Waals surface area contributed by atoms with Gasteiger partial charge >= 0.3 is 0 Å². The Kier molecular flexibility index (Phi) is 4.92. The first-order chi connectivity index (χ1) is 13.5. The van der Waals surface area contributed by atoms with Crippen molar-refractivity contribution in [3.05, 3.63) is 59.1 Å².